The highest BCUT2D eigenvalue weighted by Crippen LogP contribution is 2.36. The second-order valence-corrected chi connectivity index (χ2v) is 4.80. The number of nitrogens with two attached hydrogens (primary N) is 1. The number of aromatic hydroxyl groups is 1. The van der Waals surface area contributed by atoms with Crippen molar-refractivity contribution in [2.24, 2.45) is 5.73 Å². The molecule has 0 aromatic heterocycles. The first-order chi connectivity index (χ1) is 8.38. The van der Waals surface area contributed by atoms with Crippen molar-refractivity contribution in [1.29, 1.82) is 0 Å². The van der Waals surface area contributed by atoms with E-state index in [1.54, 1.807) is 6.92 Å². The summed E-state index contributed by atoms with van der Waals surface area (Å²) in [6.45, 7) is 1.61. The van der Waals surface area contributed by atoms with Gasteiger partial charge in [-0.05, 0) is 35.0 Å². The number of phenolic OH excluding ortho intramolecular Hbond substituents is 1. The summed E-state index contributed by atoms with van der Waals surface area (Å²) >= 11 is 8.83. The minimum Gasteiger partial charge on any atom is -0.506 e. The fraction of sp³-hybridized carbons (Fsp3) is 0.364. The summed E-state index contributed by atoms with van der Waals surface area (Å²) in [4.78, 5) is 11.2. The number of esters is 1. The topological polar surface area (TPSA) is 72.5 Å². The summed E-state index contributed by atoms with van der Waals surface area (Å²) in [6, 6.07) is 1.39. The molecule has 0 aliphatic heterocycles. The quantitative estimate of drug-likeness (QED) is 0.827. The van der Waals surface area contributed by atoms with Gasteiger partial charge in [0.2, 0.25) is 6.17 Å². The van der Waals surface area contributed by atoms with Crippen LogP contribution in [0.3, 0.4) is 0 Å². The SMILES string of the molecule is CCOC(=O)C(F)[C@@H](N)c1cc(Cl)cc(Br)c1O. The molecule has 0 saturated carbocycles. The van der Waals surface area contributed by atoms with Gasteiger partial charge in [-0.3, -0.25) is 0 Å². The van der Waals surface area contributed by atoms with Crippen molar-refractivity contribution in [3.63, 3.8) is 0 Å². The van der Waals surface area contributed by atoms with E-state index in [4.69, 9.17) is 17.3 Å². The highest BCUT2D eigenvalue weighted by Gasteiger charge is 2.30. The normalized spacial score (nSPS) is 14.1. The van der Waals surface area contributed by atoms with Crippen LogP contribution in [-0.4, -0.2) is 23.9 Å². The Kier molecular flexibility index (Phi) is 5.37. The number of benzene rings is 1. The third-order valence-electron chi connectivity index (χ3n) is 2.24. The molecule has 1 unspecified atom stereocenters. The van der Waals surface area contributed by atoms with Gasteiger partial charge in [-0.25, -0.2) is 9.18 Å². The highest BCUT2D eigenvalue weighted by molar-refractivity contribution is 9.10. The molecule has 0 amide bonds. The Morgan fingerprint density at radius 3 is 2.83 bits per heavy atom. The molecule has 0 radical (unpaired) electrons. The van der Waals surface area contributed by atoms with Gasteiger partial charge < -0.3 is 15.6 Å². The molecule has 1 rings (SSSR count). The lowest BCUT2D eigenvalue weighted by atomic mass is 10.0. The Bertz CT molecular complexity index is 458. The number of halogens is 3. The van der Waals surface area contributed by atoms with Crippen LogP contribution in [0.1, 0.15) is 18.5 Å². The molecule has 0 spiro atoms. The Morgan fingerprint density at radius 2 is 2.28 bits per heavy atom. The molecule has 0 aliphatic carbocycles. The zero-order valence-electron chi connectivity index (χ0n) is 9.49. The first-order valence-electron chi connectivity index (χ1n) is 5.12. The maximum absolute atomic E-state index is 13.7. The Labute approximate surface area is 117 Å². The third-order valence-corrected chi connectivity index (χ3v) is 3.07. The Morgan fingerprint density at radius 1 is 1.67 bits per heavy atom. The minimum absolute atomic E-state index is 0.0370. The van der Waals surface area contributed by atoms with E-state index in [1.807, 2.05) is 0 Å². The van der Waals surface area contributed by atoms with Crippen molar-refractivity contribution >= 4 is 33.5 Å². The van der Waals surface area contributed by atoms with Crippen LogP contribution < -0.4 is 5.73 Å². The van der Waals surface area contributed by atoms with Gasteiger partial charge in [-0.1, -0.05) is 11.6 Å². The maximum Gasteiger partial charge on any atom is 0.342 e. The van der Waals surface area contributed by atoms with Crippen LogP contribution in [0.4, 0.5) is 4.39 Å². The number of alkyl halides is 1. The lowest BCUT2D eigenvalue weighted by Crippen LogP contribution is -2.31. The summed E-state index contributed by atoms with van der Waals surface area (Å²) in [7, 11) is 0. The van der Waals surface area contributed by atoms with Crippen LogP contribution in [0.2, 0.25) is 5.02 Å². The van der Waals surface area contributed by atoms with Gasteiger partial charge in [0.25, 0.3) is 0 Å². The van der Waals surface area contributed by atoms with E-state index in [0.717, 1.165) is 0 Å². The molecule has 3 N–H and O–H groups in total. The molecule has 0 bridgehead atoms. The van der Waals surface area contributed by atoms with Crippen molar-refractivity contribution in [3.8, 4) is 5.75 Å². The van der Waals surface area contributed by atoms with Gasteiger partial charge in [-0.2, -0.15) is 0 Å². The van der Waals surface area contributed by atoms with E-state index in [0.29, 0.717) is 0 Å². The second kappa shape index (κ2) is 6.36. The molecule has 100 valence electrons. The molecule has 1 aromatic rings. The average molecular weight is 341 g/mol. The predicted octanol–water partition coefficient (Wildman–Crippen LogP) is 2.71. The van der Waals surface area contributed by atoms with Crippen LogP contribution in [0, 0.1) is 0 Å². The summed E-state index contributed by atoms with van der Waals surface area (Å²) in [5, 5.41) is 10.0. The standard InChI is InChI=1S/C11H12BrClFNO3/c1-2-18-11(17)8(14)9(15)6-3-5(13)4-7(12)10(6)16/h3-4,8-9,16H,2,15H2,1H3/t8?,9-/m0/s1. The molecular formula is C11H12BrClFNO3. The van der Waals surface area contributed by atoms with Crippen molar-refractivity contribution in [2.75, 3.05) is 6.61 Å². The monoisotopic (exact) mass is 339 g/mol. The predicted molar refractivity (Wildman–Crippen MR) is 69.3 cm³/mol. The molecular weight excluding hydrogens is 328 g/mol. The lowest BCUT2D eigenvalue weighted by Gasteiger charge is -2.17. The zero-order chi connectivity index (χ0) is 13.9. The molecule has 0 fully saturated rings. The fourth-order valence-corrected chi connectivity index (χ4v) is 2.20. The van der Waals surface area contributed by atoms with Crippen molar-refractivity contribution in [2.45, 2.75) is 19.1 Å². The fourth-order valence-electron chi connectivity index (χ4n) is 1.37. The first-order valence-corrected chi connectivity index (χ1v) is 6.29. The molecule has 0 aliphatic rings. The zero-order valence-corrected chi connectivity index (χ0v) is 11.8. The van der Waals surface area contributed by atoms with Gasteiger partial charge in [0, 0.05) is 10.6 Å². The van der Waals surface area contributed by atoms with Crippen LogP contribution in [0.5, 0.6) is 5.75 Å². The number of carbonyl (C=O) groups excluding carboxylic acids is 1. The van der Waals surface area contributed by atoms with Crippen molar-refractivity contribution in [1.82, 2.24) is 0 Å². The smallest absolute Gasteiger partial charge is 0.342 e. The van der Waals surface area contributed by atoms with Gasteiger partial charge in [0.15, 0.2) is 0 Å². The van der Waals surface area contributed by atoms with Crippen molar-refractivity contribution in [3.05, 3.63) is 27.2 Å². The molecule has 2 atom stereocenters. The molecule has 0 heterocycles. The number of hydrogen-bond donors (Lipinski definition) is 2. The number of hydrogen-bond acceptors (Lipinski definition) is 4. The molecule has 7 heteroatoms. The van der Waals surface area contributed by atoms with Gasteiger partial charge in [-0.15, -0.1) is 0 Å². The van der Waals surface area contributed by atoms with Crippen LogP contribution >= 0.6 is 27.5 Å². The van der Waals surface area contributed by atoms with Gasteiger partial charge in [0.05, 0.1) is 17.1 Å². The molecule has 4 nitrogen and oxygen atoms in total. The molecule has 18 heavy (non-hydrogen) atoms. The Balaban J connectivity index is 3.03. The van der Waals surface area contributed by atoms with E-state index in [-0.39, 0.29) is 27.4 Å². The summed E-state index contributed by atoms with van der Waals surface area (Å²) in [6.07, 6.45) is -2.07. The van der Waals surface area contributed by atoms with E-state index < -0.39 is 18.2 Å². The number of carbonyl (C=O) groups is 1. The first kappa shape index (κ1) is 15.2. The maximum atomic E-state index is 13.7. The molecule has 1 aromatic carbocycles. The van der Waals surface area contributed by atoms with E-state index in [1.165, 1.54) is 12.1 Å². The summed E-state index contributed by atoms with van der Waals surface area (Å²) in [5.41, 5.74) is 5.63. The Hall–Kier alpha value is -0.850. The third kappa shape index (κ3) is 3.34. The lowest BCUT2D eigenvalue weighted by molar-refractivity contribution is -0.149. The second-order valence-electron chi connectivity index (χ2n) is 3.51. The number of rotatable bonds is 4. The number of phenols is 1. The van der Waals surface area contributed by atoms with E-state index >= 15 is 0 Å². The van der Waals surface area contributed by atoms with Gasteiger partial charge >= 0.3 is 5.97 Å². The number of ether oxygens (including phenoxy) is 1. The minimum atomic E-state index is -2.07. The van der Waals surface area contributed by atoms with Gasteiger partial charge in [0.1, 0.15) is 5.75 Å². The average Bonchev–Trinajstić information content (AvgIpc) is 2.32. The summed E-state index contributed by atoms with van der Waals surface area (Å²) in [5.74, 6) is -1.32. The van der Waals surface area contributed by atoms with Crippen LogP contribution in [0.15, 0.2) is 16.6 Å². The van der Waals surface area contributed by atoms with Crippen LogP contribution in [-0.2, 0) is 9.53 Å². The van der Waals surface area contributed by atoms with Crippen molar-refractivity contribution < 1.29 is 19.0 Å². The summed E-state index contributed by atoms with van der Waals surface area (Å²) < 4.78 is 18.5. The largest absolute Gasteiger partial charge is 0.506 e. The van der Waals surface area contributed by atoms with E-state index in [9.17, 15) is 14.3 Å². The molecule has 0 saturated heterocycles. The van der Waals surface area contributed by atoms with E-state index in [2.05, 4.69) is 20.7 Å². The highest BCUT2D eigenvalue weighted by atomic mass is 79.9. The van der Waals surface area contributed by atoms with Crippen LogP contribution in [0.25, 0.3) is 0 Å².